The molecular formula is C3H4F5NO2S. The molecule has 0 spiro atoms. The van der Waals surface area contributed by atoms with Crippen molar-refractivity contribution in [3.05, 3.63) is 0 Å². The molecule has 0 aromatic carbocycles. The van der Waals surface area contributed by atoms with E-state index in [-0.39, 0.29) is 0 Å². The Hall–Kier alpha value is -0.440. The van der Waals surface area contributed by atoms with Gasteiger partial charge in [0, 0.05) is 0 Å². The SMILES string of the molecule is CNS(=O)(=O)C(F)(F)C(F)(F)F. The molecule has 0 bridgehead atoms. The fourth-order valence-corrected chi connectivity index (χ4v) is 0.842. The Morgan fingerprint density at radius 1 is 1.08 bits per heavy atom. The topological polar surface area (TPSA) is 46.2 Å². The predicted octanol–water partition coefficient (Wildman–Crippen LogP) is 0.691. The highest BCUT2D eigenvalue weighted by molar-refractivity contribution is 7.90. The Balaban J connectivity index is 5.14. The second-order valence-electron chi connectivity index (χ2n) is 1.72. The zero-order chi connectivity index (χ0) is 10.2. The first-order chi connectivity index (χ1) is 5.06. The molecule has 0 radical (unpaired) electrons. The molecule has 3 nitrogen and oxygen atoms in total. The molecule has 0 atom stereocenters. The van der Waals surface area contributed by atoms with Crippen LogP contribution >= 0.6 is 0 Å². The highest BCUT2D eigenvalue weighted by Gasteiger charge is 2.66. The molecule has 0 heterocycles. The van der Waals surface area contributed by atoms with Gasteiger partial charge in [-0.2, -0.15) is 22.0 Å². The van der Waals surface area contributed by atoms with Gasteiger partial charge < -0.3 is 0 Å². The first kappa shape index (κ1) is 11.6. The van der Waals surface area contributed by atoms with Crippen molar-refractivity contribution in [3.63, 3.8) is 0 Å². The number of halogens is 5. The molecule has 9 heteroatoms. The summed E-state index contributed by atoms with van der Waals surface area (Å²) >= 11 is 0. The minimum Gasteiger partial charge on any atom is -0.213 e. The maximum Gasteiger partial charge on any atom is 0.470 e. The third-order valence-electron chi connectivity index (χ3n) is 0.936. The van der Waals surface area contributed by atoms with Gasteiger partial charge in [-0.15, -0.1) is 0 Å². The van der Waals surface area contributed by atoms with E-state index >= 15 is 0 Å². The summed E-state index contributed by atoms with van der Waals surface area (Å²) < 4.78 is 79.0. The van der Waals surface area contributed by atoms with Gasteiger partial charge in [0.2, 0.25) is 0 Å². The second kappa shape index (κ2) is 2.80. The van der Waals surface area contributed by atoms with Crippen LogP contribution in [0.1, 0.15) is 0 Å². The average molecular weight is 213 g/mol. The van der Waals surface area contributed by atoms with Crippen LogP contribution < -0.4 is 4.72 Å². The molecule has 0 amide bonds. The molecule has 0 aliphatic rings. The van der Waals surface area contributed by atoms with Gasteiger partial charge in [0.25, 0.3) is 10.0 Å². The molecule has 0 aliphatic carbocycles. The van der Waals surface area contributed by atoms with Crippen molar-refractivity contribution in [3.8, 4) is 0 Å². The lowest BCUT2D eigenvalue weighted by molar-refractivity contribution is -0.241. The number of sulfonamides is 1. The number of alkyl halides is 5. The normalized spacial score (nSPS) is 14.8. The van der Waals surface area contributed by atoms with Crippen molar-refractivity contribution in [1.29, 1.82) is 0 Å². The molecule has 0 rings (SSSR count). The molecule has 0 saturated heterocycles. The van der Waals surface area contributed by atoms with Crippen LogP contribution in [0.3, 0.4) is 0 Å². The molecule has 1 N–H and O–H groups in total. The van der Waals surface area contributed by atoms with Crippen molar-refractivity contribution in [2.45, 2.75) is 11.4 Å². The van der Waals surface area contributed by atoms with Gasteiger partial charge in [0.05, 0.1) is 0 Å². The first-order valence-electron chi connectivity index (χ1n) is 2.44. The maximum atomic E-state index is 11.9. The van der Waals surface area contributed by atoms with E-state index in [2.05, 4.69) is 0 Å². The summed E-state index contributed by atoms with van der Waals surface area (Å²) in [5, 5.41) is -5.76. The number of hydrogen-bond acceptors (Lipinski definition) is 2. The lowest BCUT2D eigenvalue weighted by Gasteiger charge is -2.18. The monoisotopic (exact) mass is 213 g/mol. The zero-order valence-corrected chi connectivity index (χ0v) is 6.43. The Morgan fingerprint density at radius 2 is 1.42 bits per heavy atom. The van der Waals surface area contributed by atoms with Crippen LogP contribution in [0.2, 0.25) is 0 Å². The summed E-state index contributed by atoms with van der Waals surface area (Å²) in [5.74, 6) is 0. The van der Waals surface area contributed by atoms with Crippen molar-refractivity contribution < 1.29 is 30.4 Å². The lowest BCUT2D eigenvalue weighted by Crippen LogP contribution is -2.48. The smallest absolute Gasteiger partial charge is 0.213 e. The van der Waals surface area contributed by atoms with Crippen molar-refractivity contribution in [2.75, 3.05) is 7.05 Å². The van der Waals surface area contributed by atoms with E-state index in [0.29, 0.717) is 7.05 Å². The Bertz CT molecular complexity index is 254. The van der Waals surface area contributed by atoms with Gasteiger partial charge in [-0.25, -0.2) is 13.1 Å². The van der Waals surface area contributed by atoms with Crippen molar-refractivity contribution in [1.82, 2.24) is 4.72 Å². The van der Waals surface area contributed by atoms with Crippen molar-refractivity contribution >= 4 is 10.0 Å². The van der Waals surface area contributed by atoms with Gasteiger partial charge in [-0.1, -0.05) is 0 Å². The van der Waals surface area contributed by atoms with E-state index in [4.69, 9.17) is 0 Å². The minimum atomic E-state index is -6.10. The van der Waals surface area contributed by atoms with Crippen LogP contribution in [-0.4, -0.2) is 26.9 Å². The fraction of sp³-hybridized carbons (Fsp3) is 1.00. The molecule has 74 valence electrons. The van der Waals surface area contributed by atoms with Crippen LogP contribution in [0, 0.1) is 0 Å². The minimum absolute atomic E-state index is 0.467. The summed E-state index contributed by atoms with van der Waals surface area (Å²) in [7, 11) is -5.20. The number of nitrogens with one attached hydrogen (secondary N) is 1. The number of rotatable bonds is 2. The van der Waals surface area contributed by atoms with Crippen LogP contribution in [0.4, 0.5) is 22.0 Å². The quantitative estimate of drug-likeness (QED) is 0.686. The molecule has 0 saturated carbocycles. The Labute approximate surface area is 64.6 Å². The highest BCUT2D eigenvalue weighted by atomic mass is 32.2. The van der Waals surface area contributed by atoms with E-state index in [9.17, 15) is 30.4 Å². The Morgan fingerprint density at radius 3 is 1.50 bits per heavy atom. The summed E-state index contributed by atoms with van der Waals surface area (Å²) in [6.45, 7) is 0. The molecule has 0 unspecified atom stereocenters. The Kier molecular flexibility index (Phi) is 2.70. The summed E-state index contributed by atoms with van der Waals surface area (Å²) in [6, 6.07) is 0. The molecule has 0 fully saturated rings. The summed E-state index contributed by atoms with van der Waals surface area (Å²) in [4.78, 5) is 0. The van der Waals surface area contributed by atoms with E-state index < -0.39 is 21.5 Å². The summed E-state index contributed by atoms with van der Waals surface area (Å²) in [6.07, 6.45) is -6.10. The average Bonchev–Trinajstić information content (AvgIpc) is 1.85. The van der Waals surface area contributed by atoms with Gasteiger partial charge in [-0.05, 0) is 7.05 Å². The molecule has 0 aliphatic heterocycles. The third-order valence-corrected chi connectivity index (χ3v) is 2.38. The van der Waals surface area contributed by atoms with Crippen LogP contribution in [0.15, 0.2) is 0 Å². The summed E-state index contributed by atoms with van der Waals surface area (Å²) in [5.41, 5.74) is 0. The van der Waals surface area contributed by atoms with Gasteiger partial charge in [-0.3, -0.25) is 0 Å². The molecule has 0 aromatic heterocycles. The van der Waals surface area contributed by atoms with Gasteiger partial charge in [0.1, 0.15) is 0 Å². The van der Waals surface area contributed by atoms with E-state index in [1.165, 1.54) is 0 Å². The first-order valence-corrected chi connectivity index (χ1v) is 3.92. The highest BCUT2D eigenvalue weighted by Crippen LogP contribution is 2.38. The van der Waals surface area contributed by atoms with Gasteiger partial charge in [0.15, 0.2) is 0 Å². The zero-order valence-electron chi connectivity index (χ0n) is 5.61. The maximum absolute atomic E-state index is 11.9. The second-order valence-corrected chi connectivity index (χ2v) is 3.65. The largest absolute Gasteiger partial charge is 0.470 e. The molecular weight excluding hydrogens is 209 g/mol. The molecule has 12 heavy (non-hydrogen) atoms. The van der Waals surface area contributed by atoms with Crippen LogP contribution in [-0.2, 0) is 10.0 Å². The number of hydrogen-bond donors (Lipinski definition) is 1. The van der Waals surface area contributed by atoms with E-state index in [0.717, 1.165) is 4.72 Å². The van der Waals surface area contributed by atoms with Crippen LogP contribution in [0.5, 0.6) is 0 Å². The van der Waals surface area contributed by atoms with Gasteiger partial charge >= 0.3 is 11.4 Å². The fourth-order valence-electron chi connectivity index (χ4n) is 0.281. The van der Waals surface area contributed by atoms with E-state index in [1.54, 1.807) is 0 Å². The third kappa shape index (κ3) is 1.66. The predicted molar refractivity (Wildman–Crippen MR) is 29.0 cm³/mol. The lowest BCUT2D eigenvalue weighted by atomic mass is 10.7. The van der Waals surface area contributed by atoms with Crippen molar-refractivity contribution in [2.24, 2.45) is 0 Å². The molecule has 0 aromatic rings. The standard InChI is InChI=1S/C3H4F5NO2S/c1-9-12(10,11)3(7,8)2(4,5)6/h9H,1H3. The van der Waals surface area contributed by atoms with Crippen LogP contribution in [0.25, 0.3) is 0 Å². The van der Waals surface area contributed by atoms with E-state index in [1.807, 2.05) is 0 Å².